The average molecular weight is 427 g/mol. The van der Waals surface area contributed by atoms with E-state index in [-0.39, 0.29) is 18.0 Å². The van der Waals surface area contributed by atoms with Crippen LogP contribution in [0.3, 0.4) is 0 Å². The van der Waals surface area contributed by atoms with Crippen molar-refractivity contribution >= 4 is 23.5 Å². The van der Waals surface area contributed by atoms with Gasteiger partial charge in [0.25, 0.3) is 5.91 Å². The van der Waals surface area contributed by atoms with E-state index in [2.05, 4.69) is 11.9 Å². The number of carbonyl (C=O) groups is 1. The molecule has 2 aromatic rings. The van der Waals surface area contributed by atoms with Crippen LogP contribution >= 0.6 is 11.6 Å². The molecule has 3 atom stereocenters. The molecule has 1 fully saturated rings. The highest BCUT2D eigenvalue weighted by Gasteiger charge is 2.68. The fourth-order valence-electron chi connectivity index (χ4n) is 5.14. The molecule has 1 saturated heterocycles. The Labute approximate surface area is 179 Å². The lowest BCUT2D eigenvalue weighted by molar-refractivity contribution is -0.165. The fourth-order valence-corrected chi connectivity index (χ4v) is 5.31. The summed E-state index contributed by atoms with van der Waals surface area (Å²) in [5, 5.41) is 0.542. The van der Waals surface area contributed by atoms with E-state index >= 15 is 0 Å². The molecule has 0 radical (unpaired) electrons. The number of nitrogens with two attached hydrogens (primary N) is 1. The molecule has 1 unspecified atom stereocenters. The molecule has 7 nitrogen and oxygen atoms in total. The number of pyridine rings is 1. The predicted octanol–water partition coefficient (Wildman–Crippen LogP) is 2.96. The van der Waals surface area contributed by atoms with Crippen LogP contribution in [0.2, 0.25) is 5.02 Å². The summed E-state index contributed by atoms with van der Waals surface area (Å²) in [4.78, 5) is 24.2. The van der Waals surface area contributed by atoms with Gasteiger partial charge >= 0.3 is 0 Å². The van der Waals surface area contributed by atoms with Crippen LogP contribution in [-0.2, 0) is 15.1 Å². The van der Waals surface area contributed by atoms with Gasteiger partial charge in [-0.2, -0.15) is 0 Å². The van der Waals surface area contributed by atoms with Crippen molar-refractivity contribution in [3.8, 4) is 16.9 Å². The fraction of sp³-hybridized carbons (Fsp3) is 0.409. The number of hydrogen-bond acceptors (Lipinski definition) is 6. The Morgan fingerprint density at radius 1 is 1.30 bits per heavy atom. The van der Waals surface area contributed by atoms with Gasteiger partial charge in [-0.1, -0.05) is 24.6 Å². The molecule has 5 rings (SSSR count). The minimum absolute atomic E-state index is 0.150. The molecule has 3 aliphatic rings. The topological polar surface area (TPSA) is 90.0 Å². The second-order valence-corrected chi connectivity index (χ2v) is 8.54. The second kappa shape index (κ2) is 6.68. The van der Waals surface area contributed by atoms with Crippen LogP contribution < -0.4 is 10.5 Å². The lowest BCUT2D eigenvalue weighted by Gasteiger charge is -2.54. The van der Waals surface area contributed by atoms with Crippen molar-refractivity contribution < 1.29 is 14.3 Å². The van der Waals surface area contributed by atoms with Crippen molar-refractivity contribution in [2.45, 2.75) is 31.4 Å². The number of carbonyl (C=O) groups excluding carboxylic acids is 1. The number of rotatable bonds is 2. The zero-order chi connectivity index (χ0) is 21.1. The number of hydrogen-bond donors (Lipinski definition) is 1. The maximum atomic E-state index is 13.8. The number of nitrogens with zero attached hydrogens (tertiary/aromatic N) is 3. The van der Waals surface area contributed by atoms with E-state index in [1.165, 1.54) is 4.90 Å². The molecule has 1 amide bonds. The lowest BCUT2D eigenvalue weighted by Crippen LogP contribution is -2.64. The average Bonchev–Trinajstić information content (AvgIpc) is 2.99. The number of aromatic nitrogens is 1. The SMILES string of the molecule is CC[C@@]12COCC[C@H]1Oc1ccc(-c3cncc(Cl)c3)cc1C21N=C(N)N(C)C1=O. The van der Waals surface area contributed by atoms with Crippen molar-refractivity contribution in [1.29, 1.82) is 0 Å². The Kier molecular flexibility index (Phi) is 4.31. The largest absolute Gasteiger partial charge is 0.489 e. The van der Waals surface area contributed by atoms with Gasteiger partial charge in [0.05, 0.1) is 23.7 Å². The highest BCUT2D eigenvalue weighted by Crippen LogP contribution is 2.59. The van der Waals surface area contributed by atoms with Gasteiger partial charge in [-0.05, 0) is 30.2 Å². The molecular weight excluding hydrogens is 404 g/mol. The maximum Gasteiger partial charge on any atom is 0.262 e. The van der Waals surface area contributed by atoms with Crippen LogP contribution in [-0.4, -0.2) is 48.1 Å². The van der Waals surface area contributed by atoms with Crippen LogP contribution in [0.4, 0.5) is 0 Å². The van der Waals surface area contributed by atoms with Crippen LogP contribution in [0.15, 0.2) is 41.7 Å². The van der Waals surface area contributed by atoms with Crippen LogP contribution in [0.1, 0.15) is 25.3 Å². The molecule has 30 heavy (non-hydrogen) atoms. The molecule has 2 N–H and O–H groups in total. The van der Waals surface area contributed by atoms with Gasteiger partial charge in [0.1, 0.15) is 11.9 Å². The highest BCUT2D eigenvalue weighted by molar-refractivity contribution is 6.30. The number of aliphatic imine (C=N–C) groups is 1. The third kappa shape index (κ3) is 2.39. The smallest absolute Gasteiger partial charge is 0.262 e. The molecule has 0 bridgehead atoms. The first-order valence-corrected chi connectivity index (χ1v) is 10.4. The van der Waals surface area contributed by atoms with E-state index in [1.807, 2.05) is 24.3 Å². The van der Waals surface area contributed by atoms with E-state index in [4.69, 9.17) is 31.8 Å². The molecular formula is C22H23ClN4O3. The number of amides is 1. The zero-order valence-electron chi connectivity index (χ0n) is 16.9. The second-order valence-electron chi connectivity index (χ2n) is 8.10. The summed E-state index contributed by atoms with van der Waals surface area (Å²) < 4.78 is 12.3. The number of guanidine groups is 1. The third-order valence-corrected chi connectivity index (χ3v) is 6.98. The summed E-state index contributed by atoms with van der Waals surface area (Å²) in [6.45, 7) is 3.03. The van der Waals surface area contributed by atoms with Crippen LogP contribution in [0, 0.1) is 5.41 Å². The Morgan fingerprint density at radius 2 is 2.13 bits per heavy atom. The molecule has 3 aliphatic heterocycles. The zero-order valence-corrected chi connectivity index (χ0v) is 17.6. The standard InChI is InChI=1S/C22H23ClN4O3/c1-3-21-12-29-7-6-18(21)30-17-5-4-13(14-8-15(23)11-25-10-14)9-16(17)22(21)19(28)27(2)20(24)26-22/h4-5,8-11,18H,3,6-7,12H2,1-2H3,(H2,24,26)/t18-,21-,22?/m1/s1. The van der Waals surface area contributed by atoms with Crippen LogP contribution in [0.25, 0.3) is 11.1 Å². The van der Waals surface area contributed by atoms with E-state index in [9.17, 15) is 4.79 Å². The van der Waals surface area contributed by atoms with Gasteiger partial charge in [0.2, 0.25) is 0 Å². The summed E-state index contributed by atoms with van der Waals surface area (Å²) in [6, 6.07) is 7.65. The summed E-state index contributed by atoms with van der Waals surface area (Å²) in [5.41, 5.74) is 6.78. The summed E-state index contributed by atoms with van der Waals surface area (Å²) >= 11 is 6.15. The molecule has 1 aromatic heterocycles. The van der Waals surface area contributed by atoms with Gasteiger partial charge in [-0.3, -0.25) is 14.7 Å². The van der Waals surface area contributed by atoms with E-state index in [1.54, 1.807) is 19.4 Å². The molecule has 0 aliphatic carbocycles. The van der Waals surface area contributed by atoms with E-state index in [0.29, 0.717) is 42.4 Å². The van der Waals surface area contributed by atoms with Gasteiger partial charge < -0.3 is 15.2 Å². The first-order valence-electron chi connectivity index (χ1n) is 10.1. The molecule has 4 heterocycles. The van der Waals surface area contributed by atoms with Crippen molar-refractivity contribution in [2.75, 3.05) is 20.3 Å². The number of halogens is 1. The number of benzene rings is 1. The molecule has 156 valence electrons. The van der Waals surface area contributed by atoms with E-state index < -0.39 is 11.0 Å². The summed E-state index contributed by atoms with van der Waals surface area (Å²) in [5.74, 6) is 0.716. The minimum Gasteiger partial charge on any atom is -0.489 e. The Hall–Kier alpha value is -2.64. The first kappa shape index (κ1) is 19.3. The van der Waals surface area contributed by atoms with Crippen molar-refractivity contribution in [2.24, 2.45) is 16.1 Å². The first-order chi connectivity index (χ1) is 14.4. The van der Waals surface area contributed by atoms with Crippen molar-refractivity contribution in [3.63, 3.8) is 0 Å². The minimum atomic E-state index is -1.19. The number of fused-ring (bicyclic) bond motifs is 4. The summed E-state index contributed by atoms with van der Waals surface area (Å²) in [7, 11) is 1.66. The van der Waals surface area contributed by atoms with Gasteiger partial charge in [-0.15, -0.1) is 0 Å². The normalized spacial score (nSPS) is 30.0. The highest BCUT2D eigenvalue weighted by atomic mass is 35.5. The molecule has 1 aromatic carbocycles. The summed E-state index contributed by atoms with van der Waals surface area (Å²) in [6.07, 6.45) is 4.50. The maximum absolute atomic E-state index is 13.8. The lowest BCUT2D eigenvalue weighted by atomic mass is 9.58. The predicted molar refractivity (Wildman–Crippen MR) is 113 cm³/mol. The van der Waals surface area contributed by atoms with E-state index in [0.717, 1.165) is 11.1 Å². The monoisotopic (exact) mass is 426 g/mol. The van der Waals surface area contributed by atoms with Gasteiger partial charge in [0, 0.05) is 37.0 Å². The molecule has 8 heteroatoms. The Morgan fingerprint density at radius 3 is 2.83 bits per heavy atom. The number of ether oxygens (including phenoxy) is 2. The van der Waals surface area contributed by atoms with Crippen molar-refractivity contribution in [1.82, 2.24) is 9.88 Å². The number of likely N-dealkylation sites (N-methyl/N-ethyl adjacent to an activating group) is 1. The Balaban J connectivity index is 1.79. The molecule has 0 saturated carbocycles. The third-order valence-electron chi connectivity index (χ3n) is 6.77. The quantitative estimate of drug-likeness (QED) is 0.797. The Bertz CT molecular complexity index is 1070. The van der Waals surface area contributed by atoms with Gasteiger partial charge in [0.15, 0.2) is 11.5 Å². The van der Waals surface area contributed by atoms with Gasteiger partial charge in [-0.25, -0.2) is 4.99 Å². The van der Waals surface area contributed by atoms with Crippen LogP contribution in [0.5, 0.6) is 5.75 Å². The molecule has 1 spiro atoms. The van der Waals surface area contributed by atoms with Crippen molar-refractivity contribution in [3.05, 3.63) is 47.2 Å².